The second kappa shape index (κ2) is 8.35. The summed E-state index contributed by atoms with van der Waals surface area (Å²) in [6.45, 7) is 2.07. The number of aromatic nitrogens is 6. The first-order valence-corrected chi connectivity index (χ1v) is 11.4. The molecule has 170 valence electrons. The van der Waals surface area contributed by atoms with Crippen LogP contribution in [0.5, 0.6) is 0 Å². The van der Waals surface area contributed by atoms with Gasteiger partial charge in [-0.1, -0.05) is 12.1 Å². The van der Waals surface area contributed by atoms with Gasteiger partial charge in [0.1, 0.15) is 0 Å². The van der Waals surface area contributed by atoms with E-state index in [0.717, 1.165) is 58.9 Å². The predicted octanol–water partition coefficient (Wildman–Crippen LogP) is 3.89. The van der Waals surface area contributed by atoms with Gasteiger partial charge in [-0.2, -0.15) is 5.10 Å². The van der Waals surface area contributed by atoms with Gasteiger partial charge >= 0.3 is 0 Å². The number of nitrogens with one attached hydrogen (secondary N) is 2. The fraction of sp³-hybridized carbons (Fsp3) is 0.240. The van der Waals surface area contributed by atoms with Gasteiger partial charge in [-0.15, -0.1) is 0 Å². The highest BCUT2D eigenvalue weighted by Gasteiger charge is 2.20. The number of benzene rings is 1. The van der Waals surface area contributed by atoms with Crippen LogP contribution in [0.2, 0.25) is 0 Å². The van der Waals surface area contributed by atoms with Crippen LogP contribution in [0.25, 0.3) is 32.9 Å². The number of anilines is 1. The maximum atomic E-state index is 12.8. The second-order valence-corrected chi connectivity index (χ2v) is 8.79. The number of rotatable bonds is 4. The minimum absolute atomic E-state index is 0.264. The number of fused-ring (bicyclic) bond motifs is 2. The van der Waals surface area contributed by atoms with Crippen LogP contribution in [0.3, 0.4) is 0 Å². The summed E-state index contributed by atoms with van der Waals surface area (Å²) in [5, 5.41) is 9.24. The summed E-state index contributed by atoms with van der Waals surface area (Å²) in [5.41, 5.74) is 4.25. The largest absolute Gasteiger partial charge is 0.360 e. The number of carbonyl (C=O) groups excluding carboxylic acids is 1. The number of nitrogens with zero attached hydrogens (tertiary/aromatic N) is 6. The van der Waals surface area contributed by atoms with Crippen molar-refractivity contribution >= 4 is 33.7 Å². The first-order chi connectivity index (χ1) is 16.6. The number of hydrogen-bond donors (Lipinski definition) is 2. The van der Waals surface area contributed by atoms with Crippen LogP contribution in [0.15, 0.2) is 61.4 Å². The molecule has 1 aromatic carbocycles. The van der Waals surface area contributed by atoms with E-state index in [1.807, 2.05) is 53.7 Å². The number of amides is 1. The summed E-state index contributed by atoms with van der Waals surface area (Å²) >= 11 is 0. The standard InChI is InChI=1S/C25H24N8O/c1-32-8-5-19(6-9-32)33-15-18(12-29-33)24(34)31-25-28-11-17-3-2-16(10-22(17)30-25)21-13-26-14-23-20(21)4-7-27-23/h2-4,7,10-15,19,27H,5-6,8-9H2,1H3,(H,28,30,31,34). The van der Waals surface area contributed by atoms with Gasteiger partial charge in [-0.3, -0.25) is 19.8 Å². The summed E-state index contributed by atoms with van der Waals surface area (Å²) in [4.78, 5) is 31.6. The first-order valence-electron chi connectivity index (χ1n) is 11.4. The third-order valence-corrected chi connectivity index (χ3v) is 6.52. The van der Waals surface area contributed by atoms with Gasteiger partial charge in [0.05, 0.1) is 35.0 Å². The van der Waals surface area contributed by atoms with Crippen LogP contribution in [0, 0.1) is 0 Å². The molecule has 5 heterocycles. The number of pyridine rings is 1. The summed E-state index contributed by atoms with van der Waals surface area (Å²) in [7, 11) is 2.13. The Morgan fingerprint density at radius 3 is 2.88 bits per heavy atom. The molecule has 0 unspecified atom stereocenters. The molecular weight excluding hydrogens is 428 g/mol. The molecule has 1 aliphatic heterocycles. The van der Waals surface area contributed by atoms with Gasteiger partial charge in [0.2, 0.25) is 5.95 Å². The van der Waals surface area contributed by atoms with Crippen molar-refractivity contribution in [3.05, 3.63) is 67.0 Å². The van der Waals surface area contributed by atoms with Crippen LogP contribution >= 0.6 is 0 Å². The third kappa shape index (κ3) is 3.80. The van der Waals surface area contributed by atoms with Gasteiger partial charge in [-0.25, -0.2) is 9.97 Å². The normalized spacial score (nSPS) is 15.2. The monoisotopic (exact) mass is 452 g/mol. The Kier molecular flexibility index (Phi) is 5.03. The van der Waals surface area contributed by atoms with E-state index in [0.29, 0.717) is 11.6 Å². The summed E-state index contributed by atoms with van der Waals surface area (Å²) in [6.07, 6.45) is 12.8. The lowest BCUT2D eigenvalue weighted by Crippen LogP contribution is -2.31. The highest BCUT2D eigenvalue weighted by Crippen LogP contribution is 2.29. The molecule has 4 aromatic heterocycles. The van der Waals surface area contributed by atoms with Gasteiger partial charge in [-0.05, 0) is 50.7 Å². The van der Waals surface area contributed by atoms with Crippen molar-refractivity contribution < 1.29 is 4.79 Å². The average molecular weight is 453 g/mol. The van der Waals surface area contributed by atoms with Crippen LogP contribution < -0.4 is 5.32 Å². The smallest absolute Gasteiger partial charge is 0.261 e. The Balaban J connectivity index is 1.24. The molecule has 0 aliphatic carbocycles. The van der Waals surface area contributed by atoms with E-state index >= 15 is 0 Å². The van der Waals surface area contributed by atoms with Crippen LogP contribution in [0.4, 0.5) is 5.95 Å². The zero-order valence-electron chi connectivity index (χ0n) is 18.8. The van der Waals surface area contributed by atoms with Gasteiger partial charge in [0, 0.05) is 41.1 Å². The van der Waals surface area contributed by atoms with E-state index in [1.165, 1.54) is 0 Å². The molecule has 1 amide bonds. The zero-order chi connectivity index (χ0) is 23.1. The molecule has 0 atom stereocenters. The lowest BCUT2D eigenvalue weighted by atomic mass is 10.0. The third-order valence-electron chi connectivity index (χ3n) is 6.52. The van der Waals surface area contributed by atoms with Crippen molar-refractivity contribution in [1.29, 1.82) is 0 Å². The predicted molar refractivity (Wildman–Crippen MR) is 131 cm³/mol. The quantitative estimate of drug-likeness (QED) is 0.429. The Hall–Kier alpha value is -4.11. The number of H-pyrrole nitrogens is 1. The maximum Gasteiger partial charge on any atom is 0.261 e. The van der Waals surface area contributed by atoms with E-state index in [1.54, 1.807) is 12.4 Å². The molecule has 34 heavy (non-hydrogen) atoms. The fourth-order valence-corrected chi connectivity index (χ4v) is 4.55. The van der Waals surface area contributed by atoms with Gasteiger partial charge in [0.15, 0.2) is 0 Å². The Bertz CT molecular complexity index is 1500. The minimum Gasteiger partial charge on any atom is -0.360 e. The molecular formula is C25H24N8O. The van der Waals surface area contributed by atoms with E-state index in [2.05, 4.69) is 42.3 Å². The fourth-order valence-electron chi connectivity index (χ4n) is 4.55. The topological polar surface area (TPSA) is 105 Å². The Labute approximate surface area is 195 Å². The summed E-state index contributed by atoms with van der Waals surface area (Å²) in [6, 6.07) is 8.37. The van der Waals surface area contributed by atoms with Crippen molar-refractivity contribution in [2.75, 3.05) is 25.5 Å². The SMILES string of the molecule is CN1CCC(n2cc(C(=O)Nc3ncc4ccc(-c5cncc6[nH]ccc56)cc4n3)cn2)CC1. The van der Waals surface area contributed by atoms with E-state index in [4.69, 9.17) is 0 Å². The van der Waals surface area contributed by atoms with Gasteiger partial charge in [0.25, 0.3) is 5.91 Å². The second-order valence-electron chi connectivity index (χ2n) is 8.79. The molecule has 0 saturated carbocycles. The van der Waals surface area contributed by atoms with Crippen molar-refractivity contribution in [2.24, 2.45) is 0 Å². The molecule has 0 bridgehead atoms. The molecule has 5 aromatic rings. The maximum absolute atomic E-state index is 12.8. The highest BCUT2D eigenvalue weighted by atomic mass is 16.1. The number of likely N-dealkylation sites (tertiary alicyclic amines) is 1. The lowest BCUT2D eigenvalue weighted by molar-refractivity contribution is 0.102. The van der Waals surface area contributed by atoms with Crippen LogP contribution in [0.1, 0.15) is 29.2 Å². The van der Waals surface area contributed by atoms with E-state index in [-0.39, 0.29) is 11.9 Å². The highest BCUT2D eigenvalue weighted by molar-refractivity contribution is 6.03. The molecule has 1 saturated heterocycles. The van der Waals surface area contributed by atoms with Crippen molar-refractivity contribution in [1.82, 2.24) is 34.6 Å². The summed E-state index contributed by atoms with van der Waals surface area (Å²) < 4.78 is 1.91. The minimum atomic E-state index is -0.268. The molecule has 0 spiro atoms. The average Bonchev–Trinajstić information content (AvgIpc) is 3.54. The van der Waals surface area contributed by atoms with E-state index in [9.17, 15) is 4.79 Å². The molecule has 0 radical (unpaired) electrons. The first kappa shape index (κ1) is 20.5. The Morgan fingerprint density at radius 1 is 1.12 bits per heavy atom. The molecule has 2 N–H and O–H groups in total. The lowest BCUT2D eigenvalue weighted by Gasteiger charge is -2.28. The van der Waals surface area contributed by atoms with Gasteiger partial charge < -0.3 is 9.88 Å². The zero-order valence-corrected chi connectivity index (χ0v) is 18.8. The molecule has 1 aliphatic rings. The number of aromatic amines is 1. The van der Waals surface area contributed by atoms with Crippen LogP contribution in [-0.4, -0.2) is 60.7 Å². The van der Waals surface area contributed by atoms with Crippen molar-refractivity contribution in [3.8, 4) is 11.1 Å². The molecule has 1 fully saturated rings. The number of hydrogen-bond acceptors (Lipinski definition) is 6. The molecule has 9 heteroatoms. The molecule has 9 nitrogen and oxygen atoms in total. The number of piperidine rings is 1. The van der Waals surface area contributed by atoms with Crippen molar-refractivity contribution in [3.63, 3.8) is 0 Å². The number of carbonyl (C=O) groups is 1. The molecule has 6 rings (SSSR count). The van der Waals surface area contributed by atoms with Crippen LogP contribution in [-0.2, 0) is 0 Å². The Morgan fingerprint density at radius 2 is 2.00 bits per heavy atom. The van der Waals surface area contributed by atoms with Crippen molar-refractivity contribution in [2.45, 2.75) is 18.9 Å². The summed E-state index contributed by atoms with van der Waals surface area (Å²) in [5.74, 6) is -0.00404. The van der Waals surface area contributed by atoms with E-state index < -0.39 is 0 Å².